The van der Waals surface area contributed by atoms with Crippen molar-refractivity contribution in [1.82, 2.24) is 23.2 Å². The summed E-state index contributed by atoms with van der Waals surface area (Å²) >= 11 is 11.6. The number of fused-ring (bicyclic) bond motifs is 1. The van der Waals surface area contributed by atoms with Crippen LogP contribution in [0.2, 0.25) is 10.4 Å². The van der Waals surface area contributed by atoms with E-state index in [1.54, 1.807) is 13.8 Å². The van der Waals surface area contributed by atoms with E-state index >= 15 is 0 Å². The number of nitrogens with zero attached hydrogens (tertiary/aromatic N) is 5. The molecule has 104 valence electrons. The fourth-order valence-electron chi connectivity index (χ4n) is 1.69. The standard InChI is InChI=1S/C9H11Cl2N5O2S/c1-3-15(4-2)19(17,18)16-5-12-8-6(16)7(10)13-9(11)14-8/h5H,3-4H2,1-2H3. The molecule has 0 fully saturated rings. The van der Waals surface area contributed by atoms with Crippen molar-refractivity contribution in [2.75, 3.05) is 13.1 Å². The van der Waals surface area contributed by atoms with Crippen LogP contribution >= 0.6 is 23.2 Å². The molecular formula is C9H11Cl2N5O2S. The second-order valence-corrected chi connectivity index (χ2v) is 6.09. The summed E-state index contributed by atoms with van der Waals surface area (Å²) in [6.07, 6.45) is 1.15. The normalized spacial score (nSPS) is 12.5. The molecule has 10 heteroatoms. The highest BCUT2D eigenvalue weighted by molar-refractivity contribution is 7.87. The summed E-state index contributed by atoms with van der Waals surface area (Å²) in [5.41, 5.74) is 0.263. The lowest BCUT2D eigenvalue weighted by atomic mass is 10.6. The molecule has 0 aromatic carbocycles. The highest BCUT2D eigenvalue weighted by Gasteiger charge is 2.25. The first kappa shape index (κ1) is 14.4. The monoisotopic (exact) mass is 323 g/mol. The molecule has 0 aliphatic rings. The van der Waals surface area contributed by atoms with Crippen LogP contribution < -0.4 is 0 Å². The van der Waals surface area contributed by atoms with Gasteiger partial charge in [-0.25, -0.2) is 13.9 Å². The Bertz CT molecular complexity index is 711. The molecule has 0 aliphatic carbocycles. The maximum Gasteiger partial charge on any atom is 0.309 e. The van der Waals surface area contributed by atoms with Crippen LogP contribution in [0.25, 0.3) is 11.2 Å². The third-order valence-corrected chi connectivity index (χ3v) is 4.96. The van der Waals surface area contributed by atoms with E-state index in [9.17, 15) is 8.42 Å². The summed E-state index contributed by atoms with van der Waals surface area (Å²) in [5, 5.41) is -0.133. The summed E-state index contributed by atoms with van der Waals surface area (Å²) in [5.74, 6) is 0. The van der Waals surface area contributed by atoms with Crippen LogP contribution in [0, 0.1) is 0 Å². The highest BCUT2D eigenvalue weighted by Crippen LogP contribution is 2.23. The average Bonchev–Trinajstić information content (AvgIpc) is 2.74. The summed E-state index contributed by atoms with van der Waals surface area (Å²) in [6.45, 7) is 4.17. The van der Waals surface area contributed by atoms with E-state index in [2.05, 4.69) is 15.0 Å². The molecule has 0 aliphatic heterocycles. The number of hydrogen-bond donors (Lipinski definition) is 0. The molecular weight excluding hydrogens is 313 g/mol. The molecule has 0 amide bonds. The Labute approximate surface area is 120 Å². The minimum Gasteiger partial charge on any atom is -0.216 e. The van der Waals surface area contributed by atoms with Crippen molar-refractivity contribution in [3.8, 4) is 0 Å². The molecule has 0 spiro atoms. The topological polar surface area (TPSA) is 81.0 Å². The van der Waals surface area contributed by atoms with E-state index in [1.165, 1.54) is 4.31 Å². The van der Waals surface area contributed by atoms with Gasteiger partial charge in [0.25, 0.3) is 0 Å². The molecule has 2 rings (SSSR count). The Morgan fingerprint density at radius 3 is 2.47 bits per heavy atom. The fraction of sp³-hybridized carbons (Fsp3) is 0.444. The van der Waals surface area contributed by atoms with Gasteiger partial charge in [0.05, 0.1) is 0 Å². The van der Waals surface area contributed by atoms with Gasteiger partial charge in [0.2, 0.25) is 5.28 Å². The van der Waals surface area contributed by atoms with Crippen molar-refractivity contribution in [2.24, 2.45) is 0 Å². The van der Waals surface area contributed by atoms with Gasteiger partial charge < -0.3 is 0 Å². The van der Waals surface area contributed by atoms with Crippen LogP contribution in [0.15, 0.2) is 6.33 Å². The number of imidazole rings is 1. The van der Waals surface area contributed by atoms with Crippen molar-refractivity contribution < 1.29 is 8.42 Å². The Balaban J connectivity index is 2.71. The Kier molecular flexibility index (Phi) is 3.95. The molecule has 2 aromatic rings. The Hall–Kier alpha value is -0.960. The zero-order chi connectivity index (χ0) is 14.2. The summed E-state index contributed by atoms with van der Waals surface area (Å²) in [6, 6.07) is 0. The highest BCUT2D eigenvalue weighted by atomic mass is 35.5. The van der Waals surface area contributed by atoms with Gasteiger partial charge >= 0.3 is 10.2 Å². The molecule has 0 saturated heterocycles. The zero-order valence-corrected chi connectivity index (χ0v) is 12.5. The van der Waals surface area contributed by atoms with Gasteiger partial charge in [-0.2, -0.15) is 17.7 Å². The van der Waals surface area contributed by atoms with Crippen LogP contribution in [-0.2, 0) is 10.2 Å². The fourth-order valence-corrected chi connectivity index (χ4v) is 3.67. The molecule has 0 radical (unpaired) electrons. The maximum absolute atomic E-state index is 12.4. The van der Waals surface area contributed by atoms with Crippen molar-refractivity contribution in [3.63, 3.8) is 0 Å². The Morgan fingerprint density at radius 2 is 1.89 bits per heavy atom. The minimum absolute atomic E-state index is 0.0526. The first-order valence-corrected chi connectivity index (χ1v) is 7.63. The van der Waals surface area contributed by atoms with Crippen molar-refractivity contribution in [3.05, 3.63) is 16.8 Å². The van der Waals surface area contributed by atoms with E-state index in [0.29, 0.717) is 13.1 Å². The van der Waals surface area contributed by atoms with Gasteiger partial charge in [-0.3, -0.25) is 0 Å². The van der Waals surface area contributed by atoms with Gasteiger partial charge in [-0.05, 0) is 11.6 Å². The van der Waals surface area contributed by atoms with Crippen LogP contribution in [0.1, 0.15) is 13.8 Å². The molecule has 0 bridgehead atoms. The van der Waals surface area contributed by atoms with E-state index in [4.69, 9.17) is 23.2 Å². The molecule has 0 N–H and O–H groups in total. The zero-order valence-electron chi connectivity index (χ0n) is 10.2. The van der Waals surface area contributed by atoms with Gasteiger partial charge in [0.1, 0.15) is 11.8 Å². The van der Waals surface area contributed by atoms with Gasteiger partial charge in [-0.15, -0.1) is 0 Å². The van der Waals surface area contributed by atoms with Gasteiger partial charge in [0, 0.05) is 13.1 Å². The number of rotatable bonds is 4. The number of hydrogen-bond acceptors (Lipinski definition) is 5. The van der Waals surface area contributed by atoms with Crippen molar-refractivity contribution in [2.45, 2.75) is 13.8 Å². The molecule has 0 saturated carbocycles. The van der Waals surface area contributed by atoms with Crippen LogP contribution in [0.4, 0.5) is 0 Å². The van der Waals surface area contributed by atoms with E-state index < -0.39 is 10.2 Å². The predicted octanol–water partition coefficient (Wildman–Crippen LogP) is 1.57. The molecule has 0 atom stereocenters. The lowest BCUT2D eigenvalue weighted by Crippen LogP contribution is -2.35. The van der Waals surface area contributed by atoms with E-state index in [1.807, 2.05) is 0 Å². The average molecular weight is 324 g/mol. The SMILES string of the molecule is CCN(CC)S(=O)(=O)n1cnc2nc(Cl)nc(Cl)c21. The van der Waals surface area contributed by atoms with Crippen LogP contribution in [0.5, 0.6) is 0 Å². The largest absolute Gasteiger partial charge is 0.309 e. The number of halogens is 2. The summed E-state index contributed by atoms with van der Waals surface area (Å²) < 4.78 is 27.1. The third kappa shape index (κ3) is 2.40. The van der Waals surface area contributed by atoms with Gasteiger partial charge in [-0.1, -0.05) is 25.4 Å². The van der Waals surface area contributed by atoms with Crippen molar-refractivity contribution in [1.29, 1.82) is 0 Å². The minimum atomic E-state index is -3.74. The van der Waals surface area contributed by atoms with E-state index in [0.717, 1.165) is 10.3 Å². The smallest absolute Gasteiger partial charge is 0.216 e. The first-order chi connectivity index (χ1) is 8.91. The number of aromatic nitrogens is 4. The predicted molar refractivity (Wildman–Crippen MR) is 72.6 cm³/mol. The van der Waals surface area contributed by atoms with E-state index in [-0.39, 0.29) is 21.6 Å². The molecule has 7 nitrogen and oxygen atoms in total. The van der Waals surface area contributed by atoms with Crippen LogP contribution in [0.3, 0.4) is 0 Å². The third-order valence-electron chi connectivity index (χ3n) is 2.58. The lowest BCUT2D eigenvalue weighted by Gasteiger charge is -2.18. The first-order valence-electron chi connectivity index (χ1n) is 5.48. The summed E-state index contributed by atoms with van der Waals surface area (Å²) in [4.78, 5) is 11.5. The maximum atomic E-state index is 12.4. The molecule has 19 heavy (non-hydrogen) atoms. The Morgan fingerprint density at radius 1 is 1.26 bits per heavy atom. The molecule has 2 heterocycles. The molecule has 2 aromatic heterocycles. The van der Waals surface area contributed by atoms with Crippen LogP contribution in [-0.4, -0.2) is 44.7 Å². The second kappa shape index (κ2) is 5.20. The molecule has 0 unspecified atom stereocenters. The van der Waals surface area contributed by atoms with Gasteiger partial charge in [0.15, 0.2) is 10.8 Å². The van der Waals surface area contributed by atoms with Crippen molar-refractivity contribution >= 4 is 44.6 Å². The quantitative estimate of drug-likeness (QED) is 0.630. The summed E-state index contributed by atoms with van der Waals surface area (Å²) in [7, 11) is -3.74. The lowest BCUT2D eigenvalue weighted by molar-refractivity contribution is 0.439. The second-order valence-electron chi connectivity index (χ2n) is 3.59.